The fourth-order valence-corrected chi connectivity index (χ4v) is 2.12. The number of hydrogen-bond acceptors (Lipinski definition) is 4. The van der Waals surface area contributed by atoms with Gasteiger partial charge in [-0.05, 0) is 12.1 Å². The van der Waals surface area contributed by atoms with Gasteiger partial charge >= 0.3 is 0 Å². The first-order valence-electron chi connectivity index (χ1n) is 4.27. The van der Waals surface area contributed by atoms with E-state index in [2.05, 4.69) is 15.0 Å². The van der Waals surface area contributed by atoms with Crippen molar-refractivity contribution in [2.24, 2.45) is 0 Å². The van der Waals surface area contributed by atoms with Crippen LogP contribution >= 0.6 is 11.6 Å². The normalized spacial score (nSPS) is 11.1. The molecular weight excluding hydrogens is 254 g/mol. The van der Waals surface area contributed by atoms with Crippen LogP contribution in [0.3, 0.4) is 0 Å². The second-order valence-corrected chi connectivity index (χ2v) is 4.97. The Labute approximate surface area is 98.1 Å². The number of nitrogens with one attached hydrogen (secondary N) is 2. The molecule has 1 rings (SSSR count). The number of hydrogen-bond donors (Lipinski definition) is 2. The minimum absolute atomic E-state index is 0.0311. The zero-order valence-electron chi connectivity index (χ0n) is 8.40. The highest BCUT2D eigenvalue weighted by atomic mass is 35.5. The second kappa shape index (κ2) is 5.24. The van der Waals surface area contributed by atoms with Gasteiger partial charge in [0.15, 0.2) is 0 Å². The van der Waals surface area contributed by atoms with E-state index in [1.54, 1.807) is 0 Å². The lowest BCUT2D eigenvalue weighted by Crippen LogP contribution is -2.35. The van der Waals surface area contributed by atoms with Crippen LogP contribution in [-0.2, 0) is 14.8 Å². The molecule has 0 saturated heterocycles. The molecule has 0 aromatic carbocycles. The van der Waals surface area contributed by atoms with Crippen LogP contribution in [0.25, 0.3) is 0 Å². The minimum atomic E-state index is -3.72. The standard InChI is InChI=1S/C8H10ClN3O3S/c1-10-8(13)5-12-16(14,15)6-2-3-11-7(9)4-6/h2-4,12H,5H2,1H3,(H,10,13). The average Bonchev–Trinajstić information content (AvgIpc) is 2.26. The molecule has 0 unspecified atom stereocenters. The average molecular weight is 264 g/mol. The molecule has 88 valence electrons. The van der Waals surface area contributed by atoms with Crippen molar-refractivity contribution >= 4 is 27.5 Å². The van der Waals surface area contributed by atoms with E-state index in [0.29, 0.717) is 0 Å². The maximum absolute atomic E-state index is 11.6. The van der Waals surface area contributed by atoms with Gasteiger partial charge in [0.25, 0.3) is 0 Å². The molecule has 0 spiro atoms. The summed E-state index contributed by atoms with van der Waals surface area (Å²) >= 11 is 5.56. The number of pyridine rings is 1. The first-order chi connectivity index (χ1) is 7.45. The summed E-state index contributed by atoms with van der Waals surface area (Å²) in [5.74, 6) is -0.427. The highest BCUT2D eigenvalue weighted by Crippen LogP contribution is 2.12. The molecule has 0 fully saturated rings. The van der Waals surface area contributed by atoms with Crippen molar-refractivity contribution in [2.45, 2.75) is 4.90 Å². The number of carbonyl (C=O) groups excluding carboxylic acids is 1. The van der Waals surface area contributed by atoms with Crippen LogP contribution in [0.2, 0.25) is 5.15 Å². The minimum Gasteiger partial charge on any atom is -0.358 e. The van der Waals surface area contributed by atoms with E-state index in [0.717, 1.165) is 0 Å². The molecule has 1 aromatic rings. The van der Waals surface area contributed by atoms with Crippen LogP contribution in [0, 0.1) is 0 Å². The number of rotatable bonds is 4. The molecule has 0 bridgehead atoms. The number of aromatic nitrogens is 1. The first-order valence-corrected chi connectivity index (χ1v) is 6.13. The predicted octanol–water partition coefficient (Wildman–Crippen LogP) is -0.241. The van der Waals surface area contributed by atoms with E-state index in [-0.39, 0.29) is 16.6 Å². The van der Waals surface area contributed by atoms with Crippen molar-refractivity contribution in [3.8, 4) is 0 Å². The third-order valence-corrected chi connectivity index (χ3v) is 3.32. The fourth-order valence-electron chi connectivity index (χ4n) is 0.884. The summed E-state index contributed by atoms with van der Waals surface area (Å²) < 4.78 is 25.4. The molecule has 0 aliphatic carbocycles. The molecule has 0 aliphatic rings. The molecule has 16 heavy (non-hydrogen) atoms. The van der Waals surface area contributed by atoms with Crippen LogP contribution in [-0.4, -0.2) is 32.9 Å². The highest BCUT2D eigenvalue weighted by Gasteiger charge is 2.15. The number of carbonyl (C=O) groups is 1. The van der Waals surface area contributed by atoms with Gasteiger partial charge in [0.1, 0.15) is 5.15 Å². The number of amides is 1. The molecular formula is C8H10ClN3O3S. The molecule has 0 radical (unpaired) electrons. The summed E-state index contributed by atoms with van der Waals surface area (Å²) in [5.41, 5.74) is 0. The summed E-state index contributed by atoms with van der Waals surface area (Å²) in [5, 5.41) is 2.37. The maximum Gasteiger partial charge on any atom is 0.241 e. The van der Waals surface area contributed by atoms with Crippen molar-refractivity contribution in [3.05, 3.63) is 23.5 Å². The summed E-state index contributed by atoms with van der Waals surface area (Å²) in [7, 11) is -2.31. The monoisotopic (exact) mass is 263 g/mol. The topological polar surface area (TPSA) is 88.2 Å². The van der Waals surface area contributed by atoms with E-state index in [1.165, 1.54) is 25.4 Å². The van der Waals surface area contributed by atoms with E-state index >= 15 is 0 Å². The lowest BCUT2D eigenvalue weighted by atomic mass is 10.5. The molecule has 1 heterocycles. The van der Waals surface area contributed by atoms with Crippen molar-refractivity contribution in [1.82, 2.24) is 15.0 Å². The van der Waals surface area contributed by atoms with Gasteiger partial charge in [-0.15, -0.1) is 0 Å². The number of halogens is 1. The predicted molar refractivity (Wildman–Crippen MR) is 58.5 cm³/mol. The zero-order chi connectivity index (χ0) is 12.2. The summed E-state index contributed by atoms with van der Waals surface area (Å²) in [6, 6.07) is 2.49. The Morgan fingerprint density at radius 2 is 2.25 bits per heavy atom. The SMILES string of the molecule is CNC(=O)CNS(=O)(=O)c1ccnc(Cl)c1. The van der Waals surface area contributed by atoms with Gasteiger partial charge in [-0.1, -0.05) is 11.6 Å². The Balaban J connectivity index is 2.82. The lowest BCUT2D eigenvalue weighted by molar-refractivity contribution is -0.119. The number of nitrogens with zero attached hydrogens (tertiary/aromatic N) is 1. The summed E-state index contributed by atoms with van der Waals surface area (Å²) in [4.78, 5) is 14.5. The Kier molecular flexibility index (Phi) is 4.22. The Hall–Kier alpha value is -1.18. The van der Waals surface area contributed by atoms with Gasteiger partial charge in [0.2, 0.25) is 15.9 Å². The second-order valence-electron chi connectivity index (χ2n) is 2.81. The largest absolute Gasteiger partial charge is 0.358 e. The first kappa shape index (κ1) is 12.9. The van der Waals surface area contributed by atoms with Gasteiger partial charge in [-0.25, -0.2) is 18.1 Å². The number of sulfonamides is 1. The van der Waals surface area contributed by atoms with Crippen LogP contribution < -0.4 is 10.0 Å². The Morgan fingerprint density at radius 1 is 1.56 bits per heavy atom. The van der Waals surface area contributed by atoms with Gasteiger partial charge in [-0.3, -0.25) is 4.79 Å². The summed E-state index contributed by atoms with van der Waals surface area (Å²) in [6.07, 6.45) is 1.27. The quantitative estimate of drug-likeness (QED) is 0.734. The van der Waals surface area contributed by atoms with E-state index in [1.807, 2.05) is 0 Å². The fraction of sp³-hybridized carbons (Fsp3) is 0.250. The van der Waals surface area contributed by atoms with Gasteiger partial charge in [-0.2, -0.15) is 0 Å². The maximum atomic E-state index is 11.6. The van der Waals surface area contributed by atoms with Crippen molar-refractivity contribution in [2.75, 3.05) is 13.6 Å². The third-order valence-electron chi connectivity index (χ3n) is 1.71. The molecule has 1 amide bonds. The lowest BCUT2D eigenvalue weighted by Gasteiger charge is -2.05. The highest BCUT2D eigenvalue weighted by molar-refractivity contribution is 7.89. The van der Waals surface area contributed by atoms with Gasteiger partial charge < -0.3 is 5.32 Å². The van der Waals surface area contributed by atoms with Crippen molar-refractivity contribution in [1.29, 1.82) is 0 Å². The molecule has 8 heteroatoms. The third kappa shape index (κ3) is 3.44. The molecule has 0 saturated carbocycles. The summed E-state index contributed by atoms with van der Waals surface area (Å²) in [6.45, 7) is -0.321. The Morgan fingerprint density at radius 3 is 2.81 bits per heavy atom. The molecule has 0 atom stereocenters. The smallest absolute Gasteiger partial charge is 0.241 e. The van der Waals surface area contributed by atoms with Crippen molar-refractivity contribution < 1.29 is 13.2 Å². The van der Waals surface area contributed by atoms with Gasteiger partial charge in [0.05, 0.1) is 11.4 Å². The van der Waals surface area contributed by atoms with Crippen molar-refractivity contribution in [3.63, 3.8) is 0 Å². The van der Waals surface area contributed by atoms with Crippen LogP contribution in [0.1, 0.15) is 0 Å². The van der Waals surface area contributed by atoms with E-state index < -0.39 is 15.9 Å². The Bertz CT molecular complexity index is 489. The van der Waals surface area contributed by atoms with Crippen LogP contribution in [0.4, 0.5) is 0 Å². The van der Waals surface area contributed by atoms with Crippen LogP contribution in [0.5, 0.6) is 0 Å². The van der Waals surface area contributed by atoms with E-state index in [9.17, 15) is 13.2 Å². The van der Waals surface area contributed by atoms with Gasteiger partial charge in [0, 0.05) is 13.2 Å². The molecule has 6 nitrogen and oxygen atoms in total. The number of likely N-dealkylation sites (N-methyl/N-ethyl adjacent to an activating group) is 1. The zero-order valence-corrected chi connectivity index (χ0v) is 9.97. The molecule has 1 aromatic heterocycles. The molecule has 0 aliphatic heterocycles. The van der Waals surface area contributed by atoms with E-state index in [4.69, 9.17) is 11.6 Å². The molecule has 2 N–H and O–H groups in total. The van der Waals surface area contributed by atoms with Crippen LogP contribution in [0.15, 0.2) is 23.2 Å².